The van der Waals surface area contributed by atoms with Gasteiger partial charge in [-0.2, -0.15) is 0 Å². The zero-order chi connectivity index (χ0) is 24.9. The van der Waals surface area contributed by atoms with E-state index < -0.39 is 10.9 Å². The largest absolute Gasteiger partial charge is 0.497 e. The van der Waals surface area contributed by atoms with E-state index in [0.717, 1.165) is 11.8 Å². The molecule has 11 nitrogen and oxygen atoms in total. The number of aromatic nitrogens is 3. The van der Waals surface area contributed by atoms with Gasteiger partial charge >= 0.3 is 5.97 Å². The molecular formula is C23H18N4O7S. The van der Waals surface area contributed by atoms with Crippen molar-refractivity contribution in [1.82, 2.24) is 14.8 Å². The van der Waals surface area contributed by atoms with Gasteiger partial charge in [-0.05, 0) is 54.2 Å². The molecule has 2 aromatic carbocycles. The number of benzene rings is 2. The molecule has 0 saturated carbocycles. The minimum absolute atomic E-state index is 0.0314. The van der Waals surface area contributed by atoms with Gasteiger partial charge in [0.15, 0.2) is 0 Å². The maximum absolute atomic E-state index is 11.9. The highest BCUT2D eigenvalue weighted by Gasteiger charge is 2.18. The highest BCUT2D eigenvalue weighted by Crippen LogP contribution is 2.33. The monoisotopic (exact) mass is 494 g/mol. The third-order valence-electron chi connectivity index (χ3n) is 4.81. The van der Waals surface area contributed by atoms with Crippen molar-refractivity contribution in [3.8, 4) is 28.6 Å². The number of non-ortho nitro benzene ring substituents is 1. The molecule has 2 aromatic heterocycles. The van der Waals surface area contributed by atoms with E-state index in [0.29, 0.717) is 28.4 Å². The summed E-state index contributed by atoms with van der Waals surface area (Å²) in [5.74, 6) is 0.0488. The van der Waals surface area contributed by atoms with E-state index in [4.69, 9.17) is 13.9 Å². The third kappa shape index (κ3) is 5.33. The molecule has 0 fully saturated rings. The summed E-state index contributed by atoms with van der Waals surface area (Å²) >= 11 is 0.797. The normalized spacial score (nSPS) is 11.3. The SMILES string of the molecule is COc1cc(OC)cc(-c2nnc(S/C(=C\c3cccn3-c3ccc([N+](=O)[O-])cc3)C(=O)O)o2)c1. The number of carboxylic acid groups (broad SMARTS) is 1. The Bertz CT molecular complexity index is 1390. The summed E-state index contributed by atoms with van der Waals surface area (Å²) in [5.41, 5.74) is 1.68. The fourth-order valence-corrected chi connectivity index (χ4v) is 3.80. The first-order valence-corrected chi connectivity index (χ1v) is 10.8. The molecule has 0 radical (unpaired) electrons. The Balaban J connectivity index is 1.61. The van der Waals surface area contributed by atoms with Crippen LogP contribution >= 0.6 is 11.8 Å². The van der Waals surface area contributed by atoms with Crippen LogP contribution in [0.5, 0.6) is 11.5 Å². The lowest BCUT2D eigenvalue weighted by Crippen LogP contribution is -2.00. The molecular weight excluding hydrogens is 476 g/mol. The van der Waals surface area contributed by atoms with Crippen molar-refractivity contribution in [2.75, 3.05) is 14.2 Å². The number of hydrogen-bond donors (Lipinski definition) is 1. The second-order valence-electron chi connectivity index (χ2n) is 6.97. The Morgan fingerprint density at radius 3 is 2.40 bits per heavy atom. The molecule has 0 amide bonds. The molecule has 0 atom stereocenters. The van der Waals surface area contributed by atoms with Gasteiger partial charge in [0, 0.05) is 41.3 Å². The molecule has 0 aliphatic rings. The van der Waals surface area contributed by atoms with Crippen LogP contribution in [0.2, 0.25) is 0 Å². The van der Waals surface area contributed by atoms with Crippen LogP contribution in [0.25, 0.3) is 23.2 Å². The molecule has 178 valence electrons. The number of hydrogen-bond acceptors (Lipinski definition) is 9. The van der Waals surface area contributed by atoms with Crippen LogP contribution in [0, 0.1) is 10.1 Å². The van der Waals surface area contributed by atoms with Crippen molar-refractivity contribution in [2.45, 2.75) is 5.22 Å². The summed E-state index contributed by atoms with van der Waals surface area (Å²) in [6.45, 7) is 0. The number of thioether (sulfide) groups is 1. The molecule has 0 aliphatic heterocycles. The van der Waals surface area contributed by atoms with Gasteiger partial charge in [0.05, 0.1) is 19.1 Å². The number of carboxylic acids is 1. The van der Waals surface area contributed by atoms with Gasteiger partial charge in [0.1, 0.15) is 16.4 Å². The van der Waals surface area contributed by atoms with Crippen molar-refractivity contribution in [2.24, 2.45) is 0 Å². The van der Waals surface area contributed by atoms with E-state index in [2.05, 4.69) is 10.2 Å². The Labute approximate surface area is 202 Å². The molecule has 0 aliphatic carbocycles. The van der Waals surface area contributed by atoms with Gasteiger partial charge in [0.25, 0.3) is 10.9 Å². The summed E-state index contributed by atoms with van der Waals surface area (Å²) in [6, 6.07) is 14.4. The van der Waals surface area contributed by atoms with Crippen molar-refractivity contribution in [3.05, 3.63) is 81.5 Å². The Kier molecular flexibility index (Phi) is 6.83. The average Bonchev–Trinajstić information content (AvgIpc) is 3.53. The van der Waals surface area contributed by atoms with Crippen LogP contribution in [-0.4, -0.2) is 45.0 Å². The number of nitro benzene ring substituents is 1. The fourth-order valence-electron chi connectivity index (χ4n) is 3.14. The van der Waals surface area contributed by atoms with Crippen molar-refractivity contribution in [1.29, 1.82) is 0 Å². The molecule has 1 N–H and O–H groups in total. The van der Waals surface area contributed by atoms with Crippen molar-refractivity contribution in [3.63, 3.8) is 0 Å². The first kappa shape index (κ1) is 23.6. The molecule has 35 heavy (non-hydrogen) atoms. The molecule has 4 rings (SSSR count). The van der Waals surface area contributed by atoms with Crippen LogP contribution in [0.15, 0.2) is 75.3 Å². The van der Waals surface area contributed by atoms with Crippen LogP contribution in [0.3, 0.4) is 0 Å². The van der Waals surface area contributed by atoms with E-state index in [9.17, 15) is 20.0 Å². The van der Waals surface area contributed by atoms with E-state index in [-0.39, 0.29) is 21.7 Å². The second kappa shape index (κ2) is 10.1. The lowest BCUT2D eigenvalue weighted by atomic mass is 10.2. The zero-order valence-corrected chi connectivity index (χ0v) is 19.3. The van der Waals surface area contributed by atoms with Crippen molar-refractivity contribution < 1.29 is 28.7 Å². The lowest BCUT2D eigenvalue weighted by molar-refractivity contribution is -0.384. The van der Waals surface area contributed by atoms with Gasteiger partial charge in [-0.3, -0.25) is 10.1 Å². The van der Waals surface area contributed by atoms with Gasteiger partial charge in [0.2, 0.25) is 5.89 Å². The quantitative estimate of drug-likeness (QED) is 0.151. The minimum atomic E-state index is -1.19. The zero-order valence-electron chi connectivity index (χ0n) is 18.4. The van der Waals surface area contributed by atoms with Crippen LogP contribution in [0.4, 0.5) is 5.69 Å². The summed E-state index contributed by atoms with van der Waals surface area (Å²) in [6.07, 6.45) is 3.17. The molecule has 2 heterocycles. The Hall–Kier alpha value is -4.58. The smallest absolute Gasteiger partial charge is 0.342 e. The van der Waals surface area contributed by atoms with Gasteiger partial charge in [-0.1, -0.05) is 0 Å². The van der Waals surface area contributed by atoms with Gasteiger partial charge in [-0.15, -0.1) is 10.2 Å². The number of methoxy groups -OCH3 is 2. The van der Waals surface area contributed by atoms with E-state index in [1.807, 2.05) is 0 Å². The van der Waals surface area contributed by atoms with E-state index in [1.165, 1.54) is 32.4 Å². The molecule has 0 bridgehead atoms. The highest BCUT2D eigenvalue weighted by molar-refractivity contribution is 8.03. The molecule has 0 spiro atoms. The number of rotatable bonds is 9. The minimum Gasteiger partial charge on any atom is -0.497 e. The first-order chi connectivity index (χ1) is 16.9. The standard InChI is InChI=1S/C23H18N4O7S/c1-32-18-10-14(11-19(13-18)33-2)21-24-25-23(34-21)35-20(22(28)29)12-17-4-3-9-26(17)15-5-7-16(8-6-15)27(30)31/h3-13H,1-2H3,(H,28,29)/b20-12-. The van der Waals surface area contributed by atoms with Crippen LogP contribution in [-0.2, 0) is 4.79 Å². The van der Waals surface area contributed by atoms with Crippen LogP contribution in [0.1, 0.15) is 5.69 Å². The average molecular weight is 494 g/mol. The number of nitro groups is 1. The summed E-state index contributed by atoms with van der Waals surface area (Å²) in [7, 11) is 3.04. The summed E-state index contributed by atoms with van der Waals surface area (Å²) in [4.78, 5) is 22.3. The van der Waals surface area contributed by atoms with Crippen molar-refractivity contribution >= 4 is 29.5 Å². The molecule has 0 unspecified atom stereocenters. The third-order valence-corrected chi connectivity index (χ3v) is 5.66. The predicted molar refractivity (Wildman–Crippen MR) is 127 cm³/mol. The topological polar surface area (TPSA) is 143 Å². The number of ether oxygens (including phenoxy) is 2. The van der Waals surface area contributed by atoms with Gasteiger partial charge < -0.3 is 23.6 Å². The number of nitrogens with zero attached hydrogens (tertiary/aromatic N) is 4. The predicted octanol–water partition coefficient (Wildman–Crippen LogP) is 4.67. The molecule has 4 aromatic rings. The molecule has 0 saturated heterocycles. The maximum atomic E-state index is 11.9. The van der Waals surface area contributed by atoms with E-state index in [1.54, 1.807) is 53.2 Å². The summed E-state index contributed by atoms with van der Waals surface area (Å²) < 4.78 is 17.9. The lowest BCUT2D eigenvalue weighted by Gasteiger charge is -2.07. The first-order valence-electron chi connectivity index (χ1n) is 10.00. The van der Waals surface area contributed by atoms with Gasteiger partial charge in [-0.25, -0.2) is 4.79 Å². The van der Waals surface area contributed by atoms with Crippen LogP contribution < -0.4 is 9.47 Å². The fraction of sp³-hybridized carbons (Fsp3) is 0.0870. The Morgan fingerprint density at radius 1 is 1.11 bits per heavy atom. The second-order valence-corrected chi connectivity index (χ2v) is 7.96. The van der Waals surface area contributed by atoms with E-state index >= 15 is 0 Å². The maximum Gasteiger partial charge on any atom is 0.342 e. The molecule has 12 heteroatoms. The number of carbonyl (C=O) groups is 1. The highest BCUT2D eigenvalue weighted by atomic mass is 32.2. The number of aliphatic carboxylic acids is 1. The Morgan fingerprint density at radius 2 is 1.80 bits per heavy atom. The summed E-state index contributed by atoms with van der Waals surface area (Å²) in [5, 5.41) is 28.6.